The predicted molar refractivity (Wildman–Crippen MR) is 96.9 cm³/mol. The Hall–Kier alpha value is -3.06. The van der Waals surface area contributed by atoms with Crippen molar-refractivity contribution in [3.05, 3.63) is 48.5 Å². The van der Waals surface area contributed by atoms with E-state index < -0.39 is 0 Å². The minimum absolute atomic E-state index is 0.0147. The third kappa shape index (κ3) is 3.89. The van der Waals surface area contributed by atoms with Gasteiger partial charge < -0.3 is 25.0 Å². The highest BCUT2D eigenvalue weighted by atomic mass is 16.5. The Balaban J connectivity index is 1.82. The molecule has 3 N–H and O–H groups in total. The number of aliphatic hydroxyl groups excluding tert-OH is 1. The topological polar surface area (TPSA) is 88.4 Å². The summed E-state index contributed by atoms with van der Waals surface area (Å²) in [5.41, 5.74) is 2.31. The number of aromatic nitrogens is 2. The lowest BCUT2D eigenvalue weighted by Crippen LogP contribution is -2.21. The van der Waals surface area contributed by atoms with Gasteiger partial charge >= 0.3 is 0 Å². The largest absolute Gasteiger partial charge is 0.497 e. The van der Waals surface area contributed by atoms with Gasteiger partial charge in [0.15, 0.2) is 0 Å². The monoisotopic (exact) mass is 340 g/mol. The molecule has 0 saturated heterocycles. The van der Waals surface area contributed by atoms with Gasteiger partial charge in [-0.1, -0.05) is 18.2 Å². The molecule has 25 heavy (non-hydrogen) atoms. The molecule has 0 atom stereocenters. The summed E-state index contributed by atoms with van der Waals surface area (Å²) in [5, 5.41) is 14.9. The Bertz CT molecular complexity index is 876. The van der Waals surface area contributed by atoms with Gasteiger partial charge in [-0.05, 0) is 24.3 Å². The molecule has 7 heteroatoms. The number of rotatable bonds is 7. The zero-order valence-electron chi connectivity index (χ0n) is 13.9. The van der Waals surface area contributed by atoms with Crippen molar-refractivity contribution in [2.24, 2.45) is 0 Å². The van der Waals surface area contributed by atoms with Gasteiger partial charge in [0.25, 0.3) is 0 Å². The van der Waals surface area contributed by atoms with Crippen molar-refractivity contribution in [1.82, 2.24) is 9.55 Å². The molecular weight excluding hydrogens is 320 g/mol. The molecular formula is C18H20N4O3. The number of amides is 1. The van der Waals surface area contributed by atoms with Crippen LogP contribution in [0.25, 0.3) is 11.0 Å². The summed E-state index contributed by atoms with van der Waals surface area (Å²) in [7, 11) is 1.58. The summed E-state index contributed by atoms with van der Waals surface area (Å²) in [4.78, 5) is 16.9. The lowest BCUT2D eigenvalue weighted by atomic mass is 10.3. The number of nitrogens with zero attached hydrogens (tertiary/aromatic N) is 2. The summed E-state index contributed by atoms with van der Waals surface area (Å²) in [6.07, 6.45) is 0. The number of anilines is 2. The van der Waals surface area contributed by atoms with Crippen LogP contribution in [0, 0.1) is 0 Å². The van der Waals surface area contributed by atoms with Gasteiger partial charge in [0.05, 0.1) is 24.8 Å². The van der Waals surface area contributed by atoms with Crippen LogP contribution in [0.1, 0.15) is 0 Å². The van der Waals surface area contributed by atoms with E-state index in [1.165, 1.54) is 0 Å². The van der Waals surface area contributed by atoms with Crippen molar-refractivity contribution in [3.63, 3.8) is 0 Å². The Morgan fingerprint density at radius 2 is 2.08 bits per heavy atom. The summed E-state index contributed by atoms with van der Waals surface area (Å²) in [6, 6.07) is 14.8. The number of carbonyl (C=O) groups is 1. The van der Waals surface area contributed by atoms with Gasteiger partial charge in [0.2, 0.25) is 11.9 Å². The average Bonchev–Trinajstić information content (AvgIpc) is 2.97. The minimum atomic E-state index is -0.177. The number of fused-ring (bicyclic) bond motifs is 1. The molecule has 3 aromatic rings. The zero-order valence-corrected chi connectivity index (χ0v) is 13.9. The first-order valence-electron chi connectivity index (χ1n) is 7.95. The maximum atomic E-state index is 12.5. The number of methoxy groups -OCH3 is 1. The predicted octanol–water partition coefficient (Wildman–Crippen LogP) is 2.09. The Labute approximate surface area is 145 Å². The highest BCUT2D eigenvalue weighted by molar-refractivity contribution is 5.92. The summed E-state index contributed by atoms with van der Waals surface area (Å²) in [5.74, 6) is 1.05. The van der Waals surface area contributed by atoms with Crippen LogP contribution in [0.15, 0.2) is 48.5 Å². The second-order valence-electron chi connectivity index (χ2n) is 5.44. The molecule has 0 radical (unpaired) electrons. The van der Waals surface area contributed by atoms with Gasteiger partial charge in [-0.2, -0.15) is 0 Å². The summed E-state index contributed by atoms with van der Waals surface area (Å²) >= 11 is 0. The molecule has 0 aliphatic rings. The smallest absolute Gasteiger partial charge is 0.244 e. The van der Waals surface area contributed by atoms with Crippen LogP contribution >= 0.6 is 0 Å². The third-order valence-electron chi connectivity index (χ3n) is 3.70. The van der Waals surface area contributed by atoms with Crippen LogP contribution in [-0.2, 0) is 11.3 Å². The Kier molecular flexibility index (Phi) is 5.15. The number of ether oxygens (including phenoxy) is 1. The molecule has 130 valence electrons. The second kappa shape index (κ2) is 7.67. The standard InChI is InChI=1S/C18H20N4O3/c1-25-14-6-4-5-13(11-14)20-17(24)12-22-16-8-3-2-7-15(16)21-18(22)19-9-10-23/h2-8,11,23H,9-10,12H2,1H3,(H,19,21)(H,20,24). The molecule has 0 spiro atoms. The number of imidazole rings is 1. The van der Waals surface area contributed by atoms with Gasteiger partial charge in [-0.25, -0.2) is 4.98 Å². The van der Waals surface area contributed by atoms with Crippen molar-refractivity contribution < 1.29 is 14.6 Å². The third-order valence-corrected chi connectivity index (χ3v) is 3.70. The van der Waals surface area contributed by atoms with Crippen LogP contribution in [0.3, 0.4) is 0 Å². The van der Waals surface area contributed by atoms with Crippen molar-refractivity contribution >= 4 is 28.6 Å². The molecule has 0 fully saturated rings. The van der Waals surface area contributed by atoms with Crippen LogP contribution in [0.4, 0.5) is 11.6 Å². The Morgan fingerprint density at radius 3 is 2.88 bits per heavy atom. The summed E-state index contributed by atoms with van der Waals surface area (Å²) in [6.45, 7) is 0.450. The fraction of sp³-hybridized carbons (Fsp3) is 0.222. The number of aliphatic hydroxyl groups is 1. The van der Waals surface area contributed by atoms with Gasteiger partial charge in [0, 0.05) is 18.3 Å². The second-order valence-corrected chi connectivity index (χ2v) is 5.44. The van der Waals surface area contributed by atoms with E-state index in [1.807, 2.05) is 36.4 Å². The van der Waals surface area contributed by atoms with E-state index >= 15 is 0 Å². The van der Waals surface area contributed by atoms with Crippen molar-refractivity contribution in [1.29, 1.82) is 0 Å². The number of carbonyl (C=O) groups excluding carboxylic acids is 1. The van der Waals surface area contributed by atoms with Crippen molar-refractivity contribution in [2.45, 2.75) is 6.54 Å². The molecule has 0 aliphatic carbocycles. The molecule has 0 bridgehead atoms. The zero-order chi connectivity index (χ0) is 17.6. The van der Waals surface area contributed by atoms with Gasteiger partial charge in [-0.15, -0.1) is 0 Å². The number of hydrogen-bond donors (Lipinski definition) is 3. The Morgan fingerprint density at radius 1 is 1.24 bits per heavy atom. The highest BCUT2D eigenvalue weighted by Crippen LogP contribution is 2.20. The van der Waals surface area contributed by atoms with Gasteiger partial charge in [0.1, 0.15) is 12.3 Å². The normalized spacial score (nSPS) is 10.6. The van der Waals surface area contributed by atoms with E-state index in [-0.39, 0.29) is 19.1 Å². The minimum Gasteiger partial charge on any atom is -0.497 e. The first kappa shape index (κ1) is 16.8. The van der Waals surface area contributed by atoms with E-state index in [0.29, 0.717) is 23.9 Å². The number of hydrogen-bond acceptors (Lipinski definition) is 5. The molecule has 0 saturated carbocycles. The van der Waals surface area contributed by atoms with Crippen LogP contribution < -0.4 is 15.4 Å². The quantitative estimate of drug-likeness (QED) is 0.613. The molecule has 7 nitrogen and oxygen atoms in total. The molecule has 1 aromatic heterocycles. The molecule has 0 unspecified atom stereocenters. The lowest BCUT2D eigenvalue weighted by Gasteiger charge is -2.11. The van der Waals surface area contributed by atoms with Gasteiger partial charge in [-0.3, -0.25) is 4.79 Å². The molecule has 3 rings (SSSR count). The van der Waals surface area contributed by atoms with E-state index in [0.717, 1.165) is 11.0 Å². The SMILES string of the molecule is COc1cccc(NC(=O)Cn2c(NCCO)nc3ccccc32)c1. The maximum Gasteiger partial charge on any atom is 0.244 e. The van der Waals surface area contributed by atoms with Crippen LogP contribution in [-0.4, -0.2) is 40.8 Å². The van der Waals surface area contributed by atoms with Crippen LogP contribution in [0.2, 0.25) is 0 Å². The maximum absolute atomic E-state index is 12.5. The molecule has 1 heterocycles. The van der Waals surface area contributed by atoms with E-state index in [9.17, 15) is 4.79 Å². The van der Waals surface area contributed by atoms with E-state index in [2.05, 4.69) is 15.6 Å². The lowest BCUT2D eigenvalue weighted by molar-refractivity contribution is -0.116. The van der Waals surface area contributed by atoms with Crippen molar-refractivity contribution in [2.75, 3.05) is 30.9 Å². The fourth-order valence-electron chi connectivity index (χ4n) is 2.58. The first-order valence-corrected chi connectivity index (χ1v) is 7.95. The number of para-hydroxylation sites is 2. The van der Waals surface area contributed by atoms with Crippen LogP contribution in [0.5, 0.6) is 5.75 Å². The first-order chi connectivity index (χ1) is 12.2. The molecule has 2 aromatic carbocycles. The summed E-state index contributed by atoms with van der Waals surface area (Å²) < 4.78 is 6.96. The number of benzene rings is 2. The fourth-order valence-corrected chi connectivity index (χ4v) is 2.58. The highest BCUT2D eigenvalue weighted by Gasteiger charge is 2.13. The van der Waals surface area contributed by atoms with E-state index in [4.69, 9.17) is 9.84 Å². The number of nitrogens with one attached hydrogen (secondary N) is 2. The molecule has 0 aliphatic heterocycles. The van der Waals surface area contributed by atoms with Crippen molar-refractivity contribution in [3.8, 4) is 5.75 Å². The average molecular weight is 340 g/mol. The molecule has 1 amide bonds. The van der Waals surface area contributed by atoms with E-state index in [1.54, 1.807) is 23.8 Å².